The minimum atomic E-state index is -3.93. The molecule has 1 amide bonds. The van der Waals surface area contributed by atoms with E-state index in [0.717, 1.165) is 10.4 Å². The molecule has 0 spiro atoms. The first-order valence-electron chi connectivity index (χ1n) is 7.91. The van der Waals surface area contributed by atoms with Crippen molar-refractivity contribution < 1.29 is 27.1 Å². The molecule has 1 aliphatic heterocycles. The molecule has 1 saturated heterocycles. The van der Waals surface area contributed by atoms with Crippen molar-refractivity contribution in [2.45, 2.75) is 18.5 Å². The monoisotopic (exact) mass is 447 g/mol. The van der Waals surface area contributed by atoms with Crippen LogP contribution in [-0.4, -0.2) is 38.2 Å². The summed E-state index contributed by atoms with van der Waals surface area (Å²) in [7, 11) is -2.64. The summed E-state index contributed by atoms with van der Waals surface area (Å²) in [5.74, 6) is -0.927. The van der Waals surface area contributed by atoms with Gasteiger partial charge in [-0.15, -0.1) is 11.3 Å². The van der Waals surface area contributed by atoms with Crippen LogP contribution in [0, 0.1) is 5.82 Å². The zero-order valence-corrected chi connectivity index (χ0v) is 16.8. The van der Waals surface area contributed by atoms with Crippen LogP contribution in [-0.2, 0) is 19.8 Å². The van der Waals surface area contributed by atoms with E-state index in [9.17, 15) is 22.4 Å². The highest BCUT2D eigenvalue weighted by Gasteiger charge is 2.41. The third-order valence-electron chi connectivity index (χ3n) is 4.18. The number of carbonyl (C=O) groups excluding carboxylic acids is 2. The van der Waals surface area contributed by atoms with Crippen molar-refractivity contribution in [2.75, 3.05) is 12.4 Å². The molecule has 150 valence electrons. The molecule has 0 aliphatic carbocycles. The molecule has 2 aromatic rings. The van der Waals surface area contributed by atoms with Gasteiger partial charge in [-0.05, 0) is 30.7 Å². The molecule has 2 heterocycles. The van der Waals surface area contributed by atoms with Gasteiger partial charge in [-0.25, -0.2) is 4.39 Å². The number of hydrogen-bond acceptors (Lipinski definition) is 6. The van der Waals surface area contributed by atoms with E-state index in [-0.39, 0.29) is 29.4 Å². The van der Waals surface area contributed by atoms with Gasteiger partial charge in [0.1, 0.15) is 17.6 Å². The van der Waals surface area contributed by atoms with E-state index >= 15 is 0 Å². The summed E-state index contributed by atoms with van der Waals surface area (Å²) in [4.78, 5) is 23.7. The Hall–Kier alpha value is -2.05. The Labute approximate surface area is 169 Å². The second-order valence-corrected chi connectivity index (χ2v) is 9.07. The van der Waals surface area contributed by atoms with E-state index < -0.39 is 34.0 Å². The smallest absolute Gasteiger partial charge is 0.298 e. The van der Waals surface area contributed by atoms with Crippen LogP contribution in [0.25, 0.3) is 0 Å². The topological polar surface area (TPSA) is 105 Å². The summed E-state index contributed by atoms with van der Waals surface area (Å²) in [6, 6.07) is 3.51. The van der Waals surface area contributed by atoms with Gasteiger partial charge in [-0.2, -0.15) is 17.4 Å². The first kappa shape index (κ1) is 20.7. The van der Waals surface area contributed by atoms with Gasteiger partial charge in [0.15, 0.2) is 0 Å². The molecule has 2 unspecified atom stereocenters. The number of nitrogens with one attached hydrogen (secondary N) is 2. The minimum Gasteiger partial charge on any atom is -0.428 e. The predicted octanol–water partition coefficient (Wildman–Crippen LogP) is 2.29. The average Bonchev–Trinajstić information content (AvgIpc) is 3.09. The molecule has 2 N–H and O–H groups in total. The van der Waals surface area contributed by atoms with Crippen molar-refractivity contribution in [1.29, 1.82) is 0 Å². The normalized spacial score (nSPS) is 21.8. The van der Waals surface area contributed by atoms with E-state index in [1.807, 2.05) is 0 Å². The highest BCUT2D eigenvalue weighted by atomic mass is 35.5. The molecule has 2 atom stereocenters. The zero-order chi connectivity index (χ0) is 20.5. The van der Waals surface area contributed by atoms with Gasteiger partial charge in [0.25, 0.3) is 16.7 Å². The number of ether oxygens (including phenoxy) is 1. The van der Waals surface area contributed by atoms with Gasteiger partial charge in [0, 0.05) is 23.0 Å². The molecule has 3 rings (SSSR count). The molecule has 12 heteroatoms. The molecule has 1 aliphatic rings. The van der Waals surface area contributed by atoms with Crippen molar-refractivity contribution in [3.05, 3.63) is 45.4 Å². The number of halogens is 2. The number of amides is 1. The highest BCUT2D eigenvalue weighted by Crippen LogP contribution is 2.34. The second-order valence-electron chi connectivity index (χ2n) is 5.96. The lowest BCUT2D eigenvalue weighted by molar-refractivity contribution is -0.121. The first-order valence-corrected chi connectivity index (χ1v) is 10.6. The van der Waals surface area contributed by atoms with E-state index in [1.165, 1.54) is 36.6 Å². The maximum Gasteiger partial charge on any atom is 0.298 e. The zero-order valence-electron chi connectivity index (χ0n) is 14.4. The standard InChI is InChI=1S/C16H15ClFN3O5S2/c1-21-14(16(23)19-9-2-3-12(18)11(17)4-9)6-13(20-28(21,24)25)15-5-10(7-27-15)26-8-22/h2-5,7-8,13-14,20H,6H2,1H3,(H,19,23). The number of carbonyl (C=O) groups is 2. The van der Waals surface area contributed by atoms with Crippen molar-refractivity contribution in [3.8, 4) is 5.75 Å². The number of likely N-dealkylation sites (N-methyl/N-ethyl adjacent to an activating group) is 1. The van der Waals surface area contributed by atoms with Gasteiger partial charge in [0.05, 0.1) is 11.1 Å². The van der Waals surface area contributed by atoms with Crippen LogP contribution in [0.4, 0.5) is 10.1 Å². The van der Waals surface area contributed by atoms with Gasteiger partial charge in [-0.3, -0.25) is 9.59 Å². The molecule has 28 heavy (non-hydrogen) atoms. The number of hydrogen-bond donors (Lipinski definition) is 2. The molecule has 1 aromatic carbocycles. The van der Waals surface area contributed by atoms with Crippen molar-refractivity contribution in [3.63, 3.8) is 0 Å². The maximum atomic E-state index is 13.3. The Bertz CT molecular complexity index is 1010. The van der Waals surface area contributed by atoms with E-state index in [4.69, 9.17) is 16.3 Å². The van der Waals surface area contributed by atoms with Crippen molar-refractivity contribution in [2.24, 2.45) is 0 Å². The minimum absolute atomic E-state index is 0.136. The molecular weight excluding hydrogens is 433 g/mol. The highest BCUT2D eigenvalue weighted by molar-refractivity contribution is 7.87. The van der Waals surface area contributed by atoms with E-state index in [0.29, 0.717) is 4.88 Å². The van der Waals surface area contributed by atoms with Crippen LogP contribution in [0.3, 0.4) is 0 Å². The molecule has 0 radical (unpaired) electrons. The van der Waals surface area contributed by atoms with Crippen LogP contribution in [0.1, 0.15) is 17.3 Å². The molecule has 1 fully saturated rings. The first-order chi connectivity index (χ1) is 13.2. The summed E-state index contributed by atoms with van der Waals surface area (Å²) in [5, 5.41) is 3.95. The number of rotatable bonds is 5. The lowest BCUT2D eigenvalue weighted by atomic mass is 10.1. The summed E-state index contributed by atoms with van der Waals surface area (Å²) < 4.78 is 46.3. The molecule has 0 saturated carbocycles. The Morgan fingerprint density at radius 1 is 1.46 bits per heavy atom. The fourth-order valence-electron chi connectivity index (χ4n) is 2.73. The van der Waals surface area contributed by atoms with Gasteiger partial charge < -0.3 is 10.1 Å². The number of nitrogens with zero attached hydrogens (tertiary/aromatic N) is 1. The molecule has 1 aromatic heterocycles. The Kier molecular flexibility index (Phi) is 6.01. The predicted molar refractivity (Wildman–Crippen MR) is 102 cm³/mol. The summed E-state index contributed by atoms with van der Waals surface area (Å²) >= 11 is 6.91. The van der Waals surface area contributed by atoms with Crippen molar-refractivity contribution in [1.82, 2.24) is 9.03 Å². The number of benzene rings is 1. The fraction of sp³-hybridized carbons (Fsp3) is 0.250. The molecule has 0 bridgehead atoms. The largest absolute Gasteiger partial charge is 0.428 e. The third-order valence-corrected chi connectivity index (χ3v) is 7.09. The summed E-state index contributed by atoms with van der Waals surface area (Å²) in [6.07, 6.45) is 0.136. The van der Waals surface area contributed by atoms with Gasteiger partial charge in [-0.1, -0.05) is 11.6 Å². The van der Waals surface area contributed by atoms with Crippen LogP contribution >= 0.6 is 22.9 Å². The Morgan fingerprint density at radius 3 is 2.89 bits per heavy atom. The van der Waals surface area contributed by atoms with Crippen LogP contribution in [0.2, 0.25) is 5.02 Å². The average molecular weight is 448 g/mol. The molecular formula is C16H15ClFN3O5S2. The lowest BCUT2D eigenvalue weighted by Crippen LogP contribution is -2.55. The van der Waals surface area contributed by atoms with E-state index in [2.05, 4.69) is 10.0 Å². The SMILES string of the molecule is CN1C(C(=O)Nc2ccc(F)c(Cl)c2)CC(c2cc(OC=O)cs2)NS1(=O)=O. The molecule has 8 nitrogen and oxygen atoms in total. The quantitative estimate of drug-likeness (QED) is 0.684. The lowest BCUT2D eigenvalue weighted by Gasteiger charge is -2.35. The maximum absolute atomic E-state index is 13.3. The van der Waals surface area contributed by atoms with E-state index in [1.54, 1.807) is 5.38 Å². The number of thiophene rings is 1. The number of anilines is 1. The third kappa shape index (κ3) is 4.33. The summed E-state index contributed by atoms with van der Waals surface area (Å²) in [6.45, 7) is 0.273. The van der Waals surface area contributed by atoms with Gasteiger partial charge >= 0.3 is 0 Å². The van der Waals surface area contributed by atoms with Crippen molar-refractivity contribution >= 4 is 51.2 Å². The fourth-order valence-corrected chi connectivity index (χ4v) is 5.13. The second kappa shape index (κ2) is 8.13. The summed E-state index contributed by atoms with van der Waals surface area (Å²) in [5.41, 5.74) is 0.245. The Morgan fingerprint density at radius 2 is 2.21 bits per heavy atom. The Balaban J connectivity index is 1.82. The van der Waals surface area contributed by atoms with Crippen LogP contribution in [0.15, 0.2) is 29.6 Å². The van der Waals surface area contributed by atoms with Crippen LogP contribution < -0.4 is 14.8 Å². The van der Waals surface area contributed by atoms with Gasteiger partial charge in [0.2, 0.25) is 5.91 Å². The van der Waals surface area contributed by atoms with Crippen LogP contribution in [0.5, 0.6) is 5.75 Å².